The molecule has 0 saturated heterocycles. The Labute approximate surface area is 147 Å². The van der Waals surface area contributed by atoms with Crippen LogP contribution in [-0.4, -0.2) is 6.61 Å². The molecule has 5 heteroatoms. The van der Waals surface area contributed by atoms with Gasteiger partial charge in [-0.25, -0.2) is 0 Å². The summed E-state index contributed by atoms with van der Waals surface area (Å²) in [6.45, 7) is 2.44. The molecule has 3 nitrogen and oxygen atoms in total. The van der Waals surface area contributed by atoms with Crippen molar-refractivity contribution in [3.8, 4) is 17.1 Å². The molecule has 1 aromatic heterocycles. The third-order valence-corrected chi connectivity index (χ3v) is 4.11. The summed E-state index contributed by atoms with van der Waals surface area (Å²) in [6, 6.07) is 12.5. The van der Waals surface area contributed by atoms with E-state index >= 15 is 0 Å². The fraction of sp³-hybridized carbons (Fsp3) is 0.167. The number of hydrogen-bond donors (Lipinski definition) is 0. The third-order valence-electron chi connectivity index (χ3n) is 3.37. The van der Waals surface area contributed by atoms with Crippen molar-refractivity contribution in [2.24, 2.45) is 0 Å². The maximum absolute atomic E-state index is 12.8. The van der Waals surface area contributed by atoms with Crippen LogP contribution in [0.5, 0.6) is 5.75 Å². The summed E-state index contributed by atoms with van der Waals surface area (Å²) in [6.07, 6.45) is 0.802. The van der Waals surface area contributed by atoms with E-state index in [4.69, 9.17) is 20.8 Å². The van der Waals surface area contributed by atoms with Crippen LogP contribution in [0.25, 0.3) is 22.3 Å². The van der Waals surface area contributed by atoms with Crippen molar-refractivity contribution in [3.05, 3.63) is 62.2 Å². The highest BCUT2D eigenvalue weighted by Crippen LogP contribution is 2.32. The first kappa shape index (κ1) is 16.1. The highest BCUT2D eigenvalue weighted by Gasteiger charge is 2.17. The molecule has 3 rings (SSSR count). The summed E-state index contributed by atoms with van der Waals surface area (Å²) in [5.74, 6) is 0.662. The van der Waals surface area contributed by atoms with Gasteiger partial charge in [-0.1, -0.05) is 34.5 Å². The van der Waals surface area contributed by atoms with E-state index in [1.54, 1.807) is 24.3 Å². The lowest BCUT2D eigenvalue weighted by Crippen LogP contribution is -2.10. The number of halogens is 2. The molecule has 0 aliphatic heterocycles. The molecular weight excluding hydrogens is 380 g/mol. The van der Waals surface area contributed by atoms with Crippen LogP contribution in [-0.2, 0) is 0 Å². The van der Waals surface area contributed by atoms with Crippen LogP contribution in [0.3, 0.4) is 0 Å². The maximum Gasteiger partial charge on any atom is 0.235 e. The first-order valence-corrected chi connectivity index (χ1v) is 8.42. The van der Waals surface area contributed by atoms with E-state index in [-0.39, 0.29) is 11.2 Å². The zero-order chi connectivity index (χ0) is 16.4. The van der Waals surface area contributed by atoms with Gasteiger partial charge < -0.3 is 9.15 Å². The molecule has 0 amide bonds. The molecule has 1 heterocycles. The van der Waals surface area contributed by atoms with E-state index < -0.39 is 0 Å². The molecule has 118 valence electrons. The Morgan fingerprint density at radius 2 is 1.91 bits per heavy atom. The molecule has 0 atom stereocenters. The minimum absolute atomic E-state index is 0.175. The predicted molar refractivity (Wildman–Crippen MR) is 96.4 cm³/mol. The van der Waals surface area contributed by atoms with Gasteiger partial charge in [0, 0.05) is 15.1 Å². The second-order valence-corrected chi connectivity index (χ2v) is 6.44. The van der Waals surface area contributed by atoms with Crippen LogP contribution >= 0.6 is 27.5 Å². The van der Waals surface area contributed by atoms with Gasteiger partial charge in [-0.2, -0.15) is 0 Å². The fourth-order valence-electron chi connectivity index (χ4n) is 2.28. The van der Waals surface area contributed by atoms with Gasteiger partial charge >= 0.3 is 0 Å². The van der Waals surface area contributed by atoms with E-state index in [1.165, 1.54) is 0 Å². The summed E-state index contributed by atoms with van der Waals surface area (Å²) >= 11 is 9.32. The van der Waals surface area contributed by atoms with Gasteiger partial charge in [0.1, 0.15) is 5.58 Å². The molecule has 0 spiro atoms. The van der Waals surface area contributed by atoms with Gasteiger partial charge in [0.05, 0.1) is 12.0 Å². The Morgan fingerprint density at radius 3 is 2.61 bits per heavy atom. The van der Waals surface area contributed by atoms with Crippen molar-refractivity contribution < 1.29 is 9.15 Å². The van der Waals surface area contributed by atoms with Gasteiger partial charge in [-0.05, 0) is 48.9 Å². The molecule has 0 fully saturated rings. The first-order chi connectivity index (χ1) is 11.1. The summed E-state index contributed by atoms with van der Waals surface area (Å²) in [4.78, 5) is 12.8. The van der Waals surface area contributed by atoms with Gasteiger partial charge in [0.25, 0.3) is 0 Å². The number of rotatable bonds is 4. The maximum atomic E-state index is 12.8. The largest absolute Gasteiger partial charge is 0.486 e. The Hall–Kier alpha value is -1.78. The van der Waals surface area contributed by atoms with E-state index in [9.17, 15) is 4.79 Å². The van der Waals surface area contributed by atoms with E-state index in [1.807, 2.05) is 25.1 Å². The first-order valence-electron chi connectivity index (χ1n) is 7.25. The molecule has 0 N–H and O–H groups in total. The quantitative estimate of drug-likeness (QED) is 0.574. The zero-order valence-corrected chi connectivity index (χ0v) is 14.8. The van der Waals surface area contributed by atoms with E-state index in [2.05, 4.69) is 15.9 Å². The molecule has 3 aromatic rings. The lowest BCUT2D eigenvalue weighted by molar-refractivity contribution is 0.309. The summed E-state index contributed by atoms with van der Waals surface area (Å²) in [7, 11) is 0. The predicted octanol–water partition coefficient (Wildman–Crippen LogP) is 5.66. The number of hydrogen-bond acceptors (Lipinski definition) is 3. The number of benzene rings is 2. The van der Waals surface area contributed by atoms with Crippen molar-refractivity contribution in [3.63, 3.8) is 0 Å². The third kappa shape index (κ3) is 3.28. The van der Waals surface area contributed by atoms with Crippen LogP contribution < -0.4 is 10.2 Å². The molecule has 0 unspecified atom stereocenters. The monoisotopic (exact) mass is 392 g/mol. The van der Waals surface area contributed by atoms with Gasteiger partial charge in [-0.15, -0.1) is 0 Å². The van der Waals surface area contributed by atoms with Crippen molar-refractivity contribution in [2.45, 2.75) is 13.3 Å². The van der Waals surface area contributed by atoms with Crippen molar-refractivity contribution in [1.82, 2.24) is 0 Å². The molecule has 23 heavy (non-hydrogen) atoms. The topological polar surface area (TPSA) is 39.4 Å². The van der Waals surface area contributed by atoms with Gasteiger partial charge in [0.2, 0.25) is 11.2 Å². The average molecular weight is 394 g/mol. The normalized spacial score (nSPS) is 10.9. The lowest BCUT2D eigenvalue weighted by atomic mass is 10.1. The fourth-order valence-corrected chi connectivity index (χ4v) is 2.76. The highest BCUT2D eigenvalue weighted by atomic mass is 79.9. The van der Waals surface area contributed by atoms with Crippen LogP contribution in [0.15, 0.2) is 56.1 Å². The molecule has 0 bridgehead atoms. The average Bonchev–Trinajstić information content (AvgIpc) is 2.55. The van der Waals surface area contributed by atoms with Crippen LogP contribution in [0, 0.1) is 0 Å². The Kier molecular flexibility index (Phi) is 4.74. The van der Waals surface area contributed by atoms with Crippen molar-refractivity contribution >= 4 is 38.5 Å². The minimum atomic E-state index is -0.175. The van der Waals surface area contributed by atoms with E-state index in [0.717, 1.165) is 16.5 Å². The second-order valence-electron chi connectivity index (χ2n) is 5.09. The van der Waals surface area contributed by atoms with Crippen LogP contribution in [0.4, 0.5) is 0 Å². The Morgan fingerprint density at radius 1 is 1.17 bits per heavy atom. The lowest BCUT2D eigenvalue weighted by Gasteiger charge is -2.11. The standard InChI is InChI=1S/C18H14BrClO3/c1-2-9-22-18-16(21)14-10-12(19)5-8-15(14)23-17(18)11-3-6-13(20)7-4-11/h3-8,10H,2,9H2,1H3. The summed E-state index contributed by atoms with van der Waals surface area (Å²) in [5, 5.41) is 1.11. The summed E-state index contributed by atoms with van der Waals surface area (Å²) < 4.78 is 12.5. The molecule has 2 aromatic carbocycles. The highest BCUT2D eigenvalue weighted by molar-refractivity contribution is 9.10. The van der Waals surface area contributed by atoms with Gasteiger partial charge in [0.15, 0.2) is 5.76 Å². The van der Waals surface area contributed by atoms with Crippen molar-refractivity contribution in [1.29, 1.82) is 0 Å². The second kappa shape index (κ2) is 6.77. The molecule has 0 aliphatic rings. The SMILES string of the molecule is CCCOc1c(-c2ccc(Cl)cc2)oc2ccc(Br)cc2c1=O. The smallest absolute Gasteiger partial charge is 0.235 e. The number of ether oxygens (including phenoxy) is 1. The van der Waals surface area contributed by atoms with Gasteiger partial charge in [-0.3, -0.25) is 4.79 Å². The summed E-state index contributed by atoms with van der Waals surface area (Å²) in [5.41, 5.74) is 1.10. The molecule has 0 saturated carbocycles. The Balaban J connectivity index is 2.27. The molecule has 0 radical (unpaired) electrons. The molecular formula is C18H14BrClO3. The van der Waals surface area contributed by atoms with Crippen molar-refractivity contribution in [2.75, 3.05) is 6.61 Å². The minimum Gasteiger partial charge on any atom is -0.486 e. The zero-order valence-electron chi connectivity index (χ0n) is 12.4. The van der Waals surface area contributed by atoms with E-state index in [0.29, 0.717) is 28.4 Å². The molecule has 0 aliphatic carbocycles. The van der Waals surface area contributed by atoms with Crippen LogP contribution in [0.2, 0.25) is 5.02 Å². The Bertz CT molecular complexity index is 901. The number of fused-ring (bicyclic) bond motifs is 1. The van der Waals surface area contributed by atoms with Crippen LogP contribution in [0.1, 0.15) is 13.3 Å².